The molecule has 0 unspecified atom stereocenters. The molecule has 0 saturated heterocycles. The monoisotopic (exact) mass is 276 g/mol. The van der Waals surface area contributed by atoms with Gasteiger partial charge >= 0.3 is 0 Å². The molecule has 1 aliphatic rings. The first-order valence-electron chi connectivity index (χ1n) is 7.42. The number of carbonyl (C=O) groups excluding carboxylic acids is 1. The summed E-state index contributed by atoms with van der Waals surface area (Å²) in [4.78, 5) is 11.6. The van der Waals surface area contributed by atoms with Gasteiger partial charge in [0.25, 0.3) is 0 Å². The van der Waals surface area contributed by atoms with Crippen molar-refractivity contribution >= 4 is 11.6 Å². The van der Waals surface area contributed by atoms with Crippen LogP contribution in [0.1, 0.15) is 44.6 Å². The van der Waals surface area contributed by atoms with Gasteiger partial charge in [-0.25, -0.2) is 0 Å². The Labute approximate surface area is 120 Å². The number of rotatable bonds is 5. The molecule has 1 amide bonds. The van der Waals surface area contributed by atoms with Crippen molar-refractivity contribution in [2.75, 3.05) is 5.32 Å². The van der Waals surface area contributed by atoms with E-state index in [1.165, 1.54) is 32.1 Å². The molecule has 2 rings (SSSR count). The Bertz CT molecular complexity index is 440. The Morgan fingerprint density at radius 3 is 2.85 bits per heavy atom. The number of carbonyl (C=O) groups is 1. The molecule has 1 aliphatic carbocycles. The predicted octanol–water partition coefficient (Wildman–Crippen LogP) is 2.82. The van der Waals surface area contributed by atoms with Crippen molar-refractivity contribution in [2.45, 2.75) is 57.8 Å². The maximum Gasteiger partial charge on any atom is 0.240 e. The van der Waals surface area contributed by atoms with E-state index in [0.717, 1.165) is 11.3 Å². The standard InChI is InChI=1S/C16H24N2O2/c1-12(17)16(19)18-14-7-5-6-13(10-14)11-20-15-8-3-2-4-9-15/h5-7,10,12,15H,2-4,8-9,11,17H2,1H3,(H,18,19)/t12-/m1/s1. The molecular weight excluding hydrogens is 252 g/mol. The summed E-state index contributed by atoms with van der Waals surface area (Å²) >= 11 is 0. The second kappa shape index (κ2) is 7.41. The minimum Gasteiger partial charge on any atom is -0.374 e. The van der Waals surface area contributed by atoms with Gasteiger partial charge in [-0.3, -0.25) is 4.79 Å². The number of hydrogen-bond donors (Lipinski definition) is 2. The van der Waals surface area contributed by atoms with Gasteiger partial charge in [-0.2, -0.15) is 0 Å². The van der Waals surface area contributed by atoms with Gasteiger partial charge in [-0.1, -0.05) is 31.4 Å². The van der Waals surface area contributed by atoms with E-state index in [4.69, 9.17) is 10.5 Å². The predicted molar refractivity (Wildman–Crippen MR) is 80.4 cm³/mol. The fraction of sp³-hybridized carbons (Fsp3) is 0.562. The Hall–Kier alpha value is -1.39. The van der Waals surface area contributed by atoms with Crippen LogP contribution in [-0.4, -0.2) is 18.1 Å². The molecule has 0 bridgehead atoms. The maximum atomic E-state index is 11.6. The minimum atomic E-state index is -0.503. The first-order chi connectivity index (χ1) is 9.65. The van der Waals surface area contributed by atoms with Crippen LogP contribution in [0, 0.1) is 0 Å². The zero-order chi connectivity index (χ0) is 14.4. The summed E-state index contributed by atoms with van der Waals surface area (Å²) in [6.07, 6.45) is 6.61. The average molecular weight is 276 g/mol. The third kappa shape index (κ3) is 4.62. The van der Waals surface area contributed by atoms with Gasteiger partial charge in [0.1, 0.15) is 0 Å². The number of ether oxygens (including phenoxy) is 1. The van der Waals surface area contributed by atoms with Gasteiger partial charge in [0.05, 0.1) is 18.8 Å². The van der Waals surface area contributed by atoms with Crippen LogP contribution >= 0.6 is 0 Å². The second-order valence-corrected chi connectivity index (χ2v) is 5.55. The Morgan fingerprint density at radius 1 is 1.40 bits per heavy atom. The van der Waals surface area contributed by atoms with Gasteiger partial charge in [0, 0.05) is 5.69 Å². The highest BCUT2D eigenvalue weighted by Crippen LogP contribution is 2.22. The van der Waals surface area contributed by atoms with Gasteiger partial charge in [0.15, 0.2) is 0 Å². The zero-order valence-corrected chi connectivity index (χ0v) is 12.1. The highest BCUT2D eigenvalue weighted by Gasteiger charge is 2.14. The quantitative estimate of drug-likeness (QED) is 0.869. The van der Waals surface area contributed by atoms with Gasteiger partial charge in [0.2, 0.25) is 5.91 Å². The normalized spacial score (nSPS) is 17.7. The molecule has 20 heavy (non-hydrogen) atoms. The largest absolute Gasteiger partial charge is 0.374 e. The Kier molecular flexibility index (Phi) is 5.56. The van der Waals surface area contributed by atoms with Gasteiger partial charge in [-0.15, -0.1) is 0 Å². The second-order valence-electron chi connectivity index (χ2n) is 5.55. The fourth-order valence-corrected chi connectivity index (χ4v) is 2.44. The van der Waals surface area contributed by atoms with E-state index in [2.05, 4.69) is 5.32 Å². The number of hydrogen-bond acceptors (Lipinski definition) is 3. The SMILES string of the molecule is C[C@@H](N)C(=O)Nc1cccc(COC2CCCCC2)c1. The molecule has 4 heteroatoms. The third-order valence-electron chi connectivity index (χ3n) is 3.65. The number of nitrogens with two attached hydrogens (primary N) is 1. The Morgan fingerprint density at radius 2 is 2.15 bits per heavy atom. The molecule has 0 aliphatic heterocycles. The number of anilines is 1. The summed E-state index contributed by atoms with van der Waals surface area (Å²) in [6, 6.07) is 7.26. The molecule has 4 nitrogen and oxygen atoms in total. The third-order valence-corrected chi connectivity index (χ3v) is 3.65. The van der Waals surface area contributed by atoms with E-state index >= 15 is 0 Å². The van der Waals surface area contributed by atoms with Crippen LogP contribution < -0.4 is 11.1 Å². The van der Waals surface area contributed by atoms with Gasteiger partial charge in [-0.05, 0) is 37.5 Å². The van der Waals surface area contributed by atoms with E-state index in [9.17, 15) is 4.79 Å². The van der Waals surface area contributed by atoms with E-state index in [1.807, 2.05) is 24.3 Å². The number of nitrogens with one attached hydrogen (secondary N) is 1. The van der Waals surface area contributed by atoms with E-state index in [0.29, 0.717) is 12.7 Å². The van der Waals surface area contributed by atoms with Crippen LogP contribution in [-0.2, 0) is 16.1 Å². The summed E-state index contributed by atoms with van der Waals surface area (Å²) in [5.41, 5.74) is 7.40. The molecule has 0 aromatic heterocycles. The van der Waals surface area contributed by atoms with Crippen molar-refractivity contribution in [3.8, 4) is 0 Å². The molecule has 3 N–H and O–H groups in total. The van der Waals surface area contributed by atoms with Gasteiger partial charge < -0.3 is 15.8 Å². The highest BCUT2D eigenvalue weighted by molar-refractivity contribution is 5.94. The maximum absolute atomic E-state index is 11.6. The molecule has 0 spiro atoms. The minimum absolute atomic E-state index is 0.171. The first kappa shape index (κ1) is 15.0. The van der Waals surface area contributed by atoms with Crippen LogP contribution in [0.15, 0.2) is 24.3 Å². The van der Waals surface area contributed by atoms with Crippen LogP contribution in [0.2, 0.25) is 0 Å². The molecular formula is C16H24N2O2. The molecule has 1 aromatic rings. The zero-order valence-electron chi connectivity index (χ0n) is 12.1. The van der Waals surface area contributed by atoms with Crippen LogP contribution in [0.5, 0.6) is 0 Å². The van der Waals surface area contributed by atoms with Crippen molar-refractivity contribution in [1.82, 2.24) is 0 Å². The molecule has 1 fully saturated rings. The first-order valence-corrected chi connectivity index (χ1v) is 7.42. The van der Waals surface area contributed by atoms with E-state index in [-0.39, 0.29) is 5.91 Å². The van der Waals surface area contributed by atoms with Crippen LogP contribution in [0.25, 0.3) is 0 Å². The molecule has 0 radical (unpaired) electrons. The fourth-order valence-electron chi connectivity index (χ4n) is 2.44. The topological polar surface area (TPSA) is 64.4 Å². The van der Waals surface area contributed by atoms with Crippen molar-refractivity contribution in [2.24, 2.45) is 5.73 Å². The lowest BCUT2D eigenvalue weighted by Gasteiger charge is -2.22. The van der Waals surface area contributed by atoms with Crippen molar-refractivity contribution < 1.29 is 9.53 Å². The summed E-state index contributed by atoms with van der Waals surface area (Å²) in [7, 11) is 0. The van der Waals surface area contributed by atoms with E-state index in [1.54, 1.807) is 6.92 Å². The molecule has 1 atom stereocenters. The smallest absolute Gasteiger partial charge is 0.240 e. The molecule has 1 saturated carbocycles. The van der Waals surface area contributed by atoms with Crippen molar-refractivity contribution in [3.05, 3.63) is 29.8 Å². The van der Waals surface area contributed by atoms with Crippen LogP contribution in [0.3, 0.4) is 0 Å². The summed E-state index contributed by atoms with van der Waals surface area (Å²) in [6.45, 7) is 2.28. The number of amides is 1. The van der Waals surface area contributed by atoms with Crippen molar-refractivity contribution in [1.29, 1.82) is 0 Å². The molecule has 110 valence electrons. The molecule has 1 aromatic carbocycles. The van der Waals surface area contributed by atoms with Crippen molar-refractivity contribution in [3.63, 3.8) is 0 Å². The lowest BCUT2D eigenvalue weighted by Crippen LogP contribution is -2.32. The summed E-state index contributed by atoms with van der Waals surface area (Å²) < 4.78 is 5.94. The van der Waals surface area contributed by atoms with Crippen LogP contribution in [0.4, 0.5) is 5.69 Å². The molecule has 0 heterocycles. The highest BCUT2D eigenvalue weighted by atomic mass is 16.5. The lowest BCUT2D eigenvalue weighted by molar-refractivity contribution is -0.117. The summed E-state index contributed by atoms with van der Waals surface area (Å²) in [5, 5.41) is 2.80. The average Bonchev–Trinajstić information content (AvgIpc) is 2.46. The Balaban J connectivity index is 1.87. The summed E-state index contributed by atoms with van der Waals surface area (Å²) in [5.74, 6) is -0.171. The van der Waals surface area contributed by atoms with E-state index < -0.39 is 6.04 Å². The lowest BCUT2D eigenvalue weighted by atomic mass is 9.98. The number of benzene rings is 1.